The Morgan fingerprint density at radius 3 is 2.60 bits per heavy atom. The predicted octanol–water partition coefficient (Wildman–Crippen LogP) is 6.77. The van der Waals surface area contributed by atoms with Gasteiger partial charge in [0.2, 0.25) is 0 Å². The molecule has 1 saturated carbocycles. The number of amides is 1. The lowest BCUT2D eigenvalue weighted by Gasteiger charge is -2.35. The first kappa shape index (κ1) is 23.8. The summed E-state index contributed by atoms with van der Waals surface area (Å²) in [5.74, 6) is 0.186. The second-order valence-electron chi connectivity index (χ2n) is 10.3. The van der Waals surface area contributed by atoms with Crippen LogP contribution in [0.1, 0.15) is 58.2 Å². The number of aromatic nitrogens is 2. The number of benzene rings is 2. The van der Waals surface area contributed by atoms with Crippen LogP contribution in [0.15, 0.2) is 46.9 Å². The lowest BCUT2D eigenvalue weighted by atomic mass is 9.78. The van der Waals surface area contributed by atoms with Crippen molar-refractivity contribution in [1.82, 2.24) is 9.55 Å². The van der Waals surface area contributed by atoms with Crippen LogP contribution in [0.3, 0.4) is 0 Å². The van der Waals surface area contributed by atoms with E-state index in [2.05, 4.69) is 15.9 Å². The quantitative estimate of drug-likeness (QED) is 0.356. The summed E-state index contributed by atoms with van der Waals surface area (Å²) in [6.45, 7) is 5.80. The van der Waals surface area contributed by atoms with E-state index in [0.717, 1.165) is 4.47 Å². The summed E-state index contributed by atoms with van der Waals surface area (Å²) in [5.41, 5.74) is 0.301. The zero-order chi connectivity index (χ0) is 25.0. The summed E-state index contributed by atoms with van der Waals surface area (Å²) in [5, 5.41) is 0. The van der Waals surface area contributed by atoms with Crippen molar-refractivity contribution in [2.75, 3.05) is 11.4 Å². The summed E-state index contributed by atoms with van der Waals surface area (Å²) in [7, 11) is 0. The van der Waals surface area contributed by atoms with Gasteiger partial charge in [0, 0.05) is 10.4 Å². The van der Waals surface area contributed by atoms with Crippen molar-refractivity contribution in [1.29, 1.82) is 0 Å². The first-order valence-electron chi connectivity index (χ1n) is 11.7. The van der Waals surface area contributed by atoms with Crippen LogP contribution in [-0.2, 0) is 9.47 Å². The van der Waals surface area contributed by atoms with Crippen molar-refractivity contribution in [2.45, 2.75) is 63.6 Å². The van der Waals surface area contributed by atoms with E-state index in [1.54, 1.807) is 22.8 Å². The van der Waals surface area contributed by atoms with Gasteiger partial charge in [-0.05, 0) is 76.8 Å². The van der Waals surface area contributed by atoms with E-state index in [9.17, 15) is 14.0 Å². The molecule has 1 aliphatic heterocycles. The van der Waals surface area contributed by atoms with Gasteiger partial charge in [0.25, 0.3) is 0 Å². The molecular weight excluding hydrogens is 517 g/mol. The van der Waals surface area contributed by atoms with E-state index >= 15 is 0 Å². The molecule has 0 radical (unpaired) electrons. The molecule has 2 aliphatic rings. The lowest BCUT2D eigenvalue weighted by molar-refractivity contribution is 0.0203. The van der Waals surface area contributed by atoms with Crippen LogP contribution in [0.4, 0.5) is 19.7 Å². The Hall–Kier alpha value is -2.94. The van der Waals surface area contributed by atoms with Crippen molar-refractivity contribution in [3.05, 3.63) is 58.6 Å². The largest absolute Gasteiger partial charge is 0.443 e. The molecule has 1 aliphatic carbocycles. The van der Waals surface area contributed by atoms with E-state index < -0.39 is 29.2 Å². The first-order chi connectivity index (χ1) is 16.6. The second-order valence-corrected chi connectivity index (χ2v) is 11.2. The molecule has 2 aromatic carbocycles. The molecule has 7 nitrogen and oxygen atoms in total. The third-order valence-electron chi connectivity index (χ3n) is 6.59. The normalized spacial score (nSPS) is 22.6. The molecule has 0 N–H and O–H groups in total. The first-order valence-corrected chi connectivity index (χ1v) is 12.5. The van der Waals surface area contributed by atoms with Gasteiger partial charge in [0.1, 0.15) is 22.8 Å². The minimum atomic E-state index is -0.679. The highest BCUT2D eigenvalue weighted by molar-refractivity contribution is 9.10. The number of ether oxygens (including phenoxy) is 2. The molecule has 0 unspecified atom stereocenters. The molecular formula is C26H27BrFN3O4. The van der Waals surface area contributed by atoms with Gasteiger partial charge >= 0.3 is 12.2 Å². The molecule has 9 heteroatoms. The van der Waals surface area contributed by atoms with Crippen LogP contribution >= 0.6 is 15.9 Å². The number of rotatable bonds is 2. The number of carbonyl (C=O) groups excluding carboxylic acids is 2. The maximum Gasteiger partial charge on any atom is 0.420 e. The molecule has 3 aromatic rings. The monoisotopic (exact) mass is 543 g/mol. The Morgan fingerprint density at radius 2 is 1.91 bits per heavy atom. The molecule has 2 fully saturated rings. The van der Waals surface area contributed by atoms with E-state index in [1.165, 1.54) is 11.0 Å². The highest BCUT2D eigenvalue weighted by atomic mass is 79.9. The number of hydrogen-bond acceptors (Lipinski definition) is 5. The SMILES string of the molecule is CC(C)(C)OC(=O)n1c(C2CCC3(CC2)CN(c2ccccc2F)C(=O)O3)nc2cc(Br)ccc21. The van der Waals surface area contributed by atoms with E-state index in [1.807, 2.05) is 39.0 Å². The van der Waals surface area contributed by atoms with Crippen molar-refractivity contribution >= 4 is 44.8 Å². The molecule has 1 aromatic heterocycles. The summed E-state index contributed by atoms with van der Waals surface area (Å²) in [4.78, 5) is 32.0. The van der Waals surface area contributed by atoms with Gasteiger partial charge < -0.3 is 9.47 Å². The fraction of sp³-hybridized carbons (Fsp3) is 0.423. The van der Waals surface area contributed by atoms with Gasteiger partial charge in [-0.3, -0.25) is 4.90 Å². The van der Waals surface area contributed by atoms with Crippen LogP contribution in [0.25, 0.3) is 11.0 Å². The fourth-order valence-corrected chi connectivity index (χ4v) is 5.34. The van der Waals surface area contributed by atoms with Gasteiger partial charge in [-0.25, -0.2) is 23.5 Å². The van der Waals surface area contributed by atoms with Crippen molar-refractivity contribution < 1.29 is 23.5 Å². The fourth-order valence-electron chi connectivity index (χ4n) is 4.99. The van der Waals surface area contributed by atoms with Gasteiger partial charge in [0.15, 0.2) is 0 Å². The Balaban J connectivity index is 1.40. The highest BCUT2D eigenvalue weighted by Gasteiger charge is 2.49. The van der Waals surface area contributed by atoms with Gasteiger partial charge in [-0.2, -0.15) is 0 Å². The maximum absolute atomic E-state index is 14.3. The van der Waals surface area contributed by atoms with Crippen LogP contribution in [0.5, 0.6) is 0 Å². The third kappa shape index (κ3) is 4.53. The predicted molar refractivity (Wildman–Crippen MR) is 133 cm³/mol. The van der Waals surface area contributed by atoms with Gasteiger partial charge in [0.05, 0.1) is 23.3 Å². The molecule has 1 amide bonds. The van der Waals surface area contributed by atoms with Gasteiger partial charge in [-0.1, -0.05) is 28.1 Å². The number of para-hydroxylation sites is 1. The topological polar surface area (TPSA) is 73.7 Å². The smallest absolute Gasteiger partial charge is 0.420 e. The number of fused-ring (bicyclic) bond motifs is 1. The molecule has 5 rings (SSSR count). The number of imidazole rings is 1. The number of nitrogens with zero attached hydrogens (tertiary/aromatic N) is 3. The molecule has 35 heavy (non-hydrogen) atoms. The number of anilines is 1. The Kier molecular flexibility index (Phi) is 5.86. The molecule has 0 atom stereocenters. The zero-order valence-electron chi connectivity index (χ0n) is 19.9. The standard InChI is InChI=1S/C26H27BrFN3O4/c1-25(2,3)34-24(33)31-21-9-8-17(27)14-19(21)29-22(31)16-10-12-26(13-11-16)15-30(23(32)35-26)20-7-5-4-6-18(20)28/h4-9,14,16H,10-13,15H2,1-3H3. The summed E-state index contributed by atoms with van der Waals surface area (Å²) < 4.78 is 28.3. The minimum absolute atomic E-state index is 0.0134. The third-order valence-corrected chi connectivity index (χ3v) is 7.09. The van der Waals surface area contributed by atoms with Crippen LogP contribution in [0.2, 0.25) is 0 Å². The van der Waals surface area contributed by atoms with Crippen LogP contribution < -0.4 is 4.90 Å². The number of hydrogen-bond donors (Lipinski definition) is 0. The van der Waals surface area contributed by atoms with Crippen molar-refractivity contribution in [3.8, 4) is 0 Å². The molecule has 2 heterocycles. The van der Waals surface area contributed by atoms with Gasteiger partial charge in [-0.15, -0.1) is 0 Å². The summed E-state index contributed by atoms with van der Waals surface area (Å²) in [6.07, 6.45) is 1.54. The van der Waals surface area contributed by atoms with E-state index in [0.29, 0.717) is 49.1 Å². The Bertz CT molecular complexity index is 1310. The van der Waals surface area contributed by atoms with Crippen LogP contribution in [0, 0.1) is 5.82 Å². The van der Waals surface area contributed by atoms with Crippen molar-refractivity contribution in [2.24, 2.45) is 0 Å². The van der Waals surface area contributed by atoms with E-state index in [-0.39, 0.29) is 11.6 Å². The zero-order valence-corrected chi connectivity index (χ0v) is 21.5. The minimum Gasteiger partial charge on any atom is -0.443 e. The highest BCUT2D eigenvalue weighted by Crippen LogP contribution is 2.44. The second kappa shape index (κ2) is 8.62. The number of halogens is 2. The molecule has 1 saturated heterocycles. The van der Waals surface area contributed by atoms with Crippen molar-refractivity contribution in [3.63, 3.8) is 0 Å². The Labute approximate surface area is 211 Å². The van der Waals surface area contributed by atoms with Crippen LogP contribution in [-0.4, -0.2) is 39.5 Å². The molecule has 184 valence electrons. The maximum atomic E-state index is 14.3. The Morgan fingerprint density at radius 1 is 1.20 bits per heavy atom. The number of carbonyl (C=O) groups is 2. The average Bonchev–Trinajstić information content (AvgIpc) is 3.31. The lowest BCUT2D eigenvalue weighted by Crippen LogP contribution is -2.39. The summed E-state index contributed by atoms with van der Waals surface area (Å²) >= 11 is 3.48. The summed E-state index contributed by atoms with van der Waals surface area (Å²) in [6, 6.07) is 11.8. The average molecular weight is 544 g/mol. The molecule has 0 bridgehead atoms. The van der Waals surface area contributed by atoms with E-state index in [4.69, 9.17) is 14.5 Å². The molecule has 1 spiro atoms.